The fourth-order valence-corrected chi connectivity index (χ4v) is 0.333. The Hall–Kier alpha value is 0.940. The first-order chi connectivity index (χ1) is 4.04. The van der Waals surface area contributed by atoms with Gasteiger partial charge in [0.1, 0.15) is 0 Å². The molecule has 0 aliphatic carbocycles. The van der Waals surface area contributed by atoms with Gasteiger partial charge in [0.25, 0.3) is 0 Å². The predicted octanol–water partition coefficient (Wildman–Crippen LogP) is -8.48. The van der Waals surface area contributed by atoms with Crippen LogP contribution in [0.5, 0.6) is 0 Å². The molecule has 52 valence electrons. The second-order valence-corrected chi connectivity index (χ2v) is 1.80. The van der Waals surface area contributed by atoms with E-state index in [-0.39, 0.29) is 59.1 Å². The molecule has 0 spiro atoms. The Bertz CT molecular complexity index is 136. The van der Waals surface area contributed by atoms with Crippen molar-refractivity contribution in [3.8, 4) is 0 Å². The molecule has 0 radical (unpaired) electrons. The first kappa shape index (κ1) is 17.9. The smallest absolute Gasteiger partial charge is 0.550 e. The van der Waals surface area contributed by atoms with E-state index in [2.05, 4.69) is 0 Å². The number of carbonyl (C=O) groups excluding carboxylic acids is 2. The molecule has 0 fully saturated rings. The van der Waals surface area contributed by atoms with E-state index >= 15 is 0 Å². The minimum Gasteiger partial charge on any atom is -0.550 e. The van der Waals surface area contributed by atoms with Crippen LogP contribution in [0, 0.1) is 5.92 Å². The first-order valence-electron chi connectivity index (χ1n) is 2.44. The van der Waals surface area contributed by atoms with Gasteiger partial charge in [0.15, 0.2) is 0 Å². The molecule has 0 aromatic carbocycles. The Kier molecular flexibility index (Phi) is 14.7. The summed E-state index contributed by atoms with van der Waals surface area (Å²) in [6, 6.07) is 0. The van der Waals surface area contributed by atoms with Gasteiger partial charge in [-0.25, -0.2) is 0 Å². The Morgan fingerprint density at radius 3 is 1.73 bits per heavy atom. The van der Waals surface area contributed by atoms with Crippen LogP contribution in [-0.4, -0.2) is 11.9 Å². The maximum Gasteiger partial charge on any atom is 1.00 e. The topological polar surface area (TPSA) is 80.3 Å². The third kappa shape index (κ3) is 10.9. The minimum absolute atomic E-state index is 0. The molecule has 0 saturated heterocycles. The third-order valence-corrected chi connectivity index (χ3v) is 0.875. The molecule has 0 N–H and O–H groups in total. The summed E-state index contributed by atoms with van der Waals surface area (Å²) in [5.74, 6) is -3.69. The Labute approximate surface area is 109 Å². The van der Waals surface area contributed by atoms with Crippen molar-refractivity contribution in [1.82, 2.24) is 0 Å². The quantitative estimate of drug-likeness (QED) is 0.400. The molecular formula is C5H6Na2O4. The molecule has 6 heteroatoms. The Morgan fingerprint density at radius 1 is 1.27 bits per heavy atom. The van der Waals surface area contributed by atoms with E-state index in [4.69, 9.17) is 0 Å². The number of carboxylic acid groups (broad SMARTS) is 2. The van der Waals surface area contributed by atoms with Crippen molar-refractivity contribution in [2.75, 3.05) is 0 Å². The summed E-state index contributed by atoms with van der Waals surface area (Å²) in [7, 11) is 0. The van der Waals surface area contributed by atoms with Gasteiger partial charge in [-0.2, -0.15) is 0 Å². The van der Waals surface area contributed by atoms with Gasteiger partial charge in [-0.1, -0.05) is 6.92 Å². The van der Waals surface area contributed by atoms with Crippen LogP contribution in [0.2, 0.25) is 0 Å². The number of aliphatic carboxylic acids is 2. The molecule has 0 rings (SSSR count). The summed E-state index contributed by atoms with van der Waals surface area (Å²) < 4.78 is 0. The van der Waals surface area contributed by atoms with Gasteiger partial charge in [0.05, 0.1) is 0 Å². The maximum absolute atomic E-state index is 9.83. The zero-order valence-corrected chi connectivity index (χ0v) is 10.9. The van der Waals surface area contributed by atoms with Crippen molar-refractivity contribution in [3.05, 3.63) is 0 Å². The number of carboxylic acids is 2. The van der Waals surface area contributed by atoms with E-state index in [0.717, 1.165) is 0 Å². The predicted molar refractivity (Wildman–Crippen MR) is 23.8 cm³/mol. The molecule has 0 bridgehead atoms. The average Bonchev–Trinajstić information content (AvgIpc) is 1.63. The zero-order chi connectivity index (χ0) is 7.44. The maximum atomic E-state index is 9.83. The van der Waals surface area contributed by atoms with Gasteiger partial charge in [0, 0.05) is 17.9 Å². The number of carbonyl (C=O) groups is 2. The van der Waals surface area contributed by atoms with Gasteiger partial charge >= 0.3 is 59.1 Å². The van der Waals surface area contributed by atoms with Crippen molar-refractivity contribution < 1.29 is 78.9 Å². The van der Waals surface area contributed by atoms with E-state index in [1.165, 1.54) is 6.92 Å². The summed E-state index contributed by atoms with van der Waals surface area (Å²) in [6.45, 7) is 1.26. The van der Waals surface area contributed by atoms with E-state index in [1.54, 1.807) is 0 Å². The molecule has 0 aliphatic rings. The van der Waals surface area contributed by atoms with E-state index < -0.39 is 24.3 Å². The SMILES string of the molecule is CC(CC(=O)[O-])C(=O)[O-].[Na+].[Na+]. The average molecular weight is 176 g/mol. The molecule has 0 saturated carbocycles. The molecule has 0 heterocycles. The molecule has 11 heavy (non-hydrogen) atoms. The van der Waals surface area contributed by atoms with Crippen LogP contribution < -0.4 is 69.3 Å². The van der Waals surface area contributed by atoms with Crippen LogP contribution in [0.1, 0.15) is 13.3 Å². The Balaban J connectivity index is -0.000000320. The van der Waals surface area contributed by atoms with Gasteiger partial charge < -0.3 is 19.8 Å². The summed E-state index contributed by atoms with van der Waals surface area (Å²) >= 11 is 0. The fraction of sp³-hybridized carbons (Fsp3) is 0.600. The van der Waals surface area contributed by atoms with Gasteiger partial charge in [-0.15, -0.1) is 0 Å². The third-order valence-electron chi connectivity index (χ3n) is 0.875. The van der Waals surface area contributed by atoms with Crippen LogP contribution >= 0.6 is 0 Å². The van der Waals surface area contributed by atoms with Gasteiger partial charge in [-0.05, 0) is 6.42 Å². The van der Waals surface area contributed by atoms with Crippen molar-refractivity contribution in [2.45, 2.75) is 13.3 Å². The first-order valence-corrected chi connectivity index (χ1v) is 2.44. The molecule has 0 amide bonds. The van der Waals surface area contributed by atoms with Crippen LogP contribution in [0.15, 0.2) is 0 Å². The standard InChI is InChI=1S/C5H8O4.2Na/c1-3(5(8)9)2-4(6)7;;/h3H,2H2,1H3,(H,6,7)(H,8,9);;/q;2*+1/p-2. The second-order valence-electron chi connectivity index (χ2n) is 1.80. The van der Waals surface area contributed by atoms with Crippen molar-refractivity contribution in [2.24, 2.45) is 5.92 Å². The van der Waals surface area contributed by atoms with E-state index in [1.807, 2.05) is 0 Å². The molecule has 0 aromatic heterocycles. The number of hydrogen-bond donors (Lipinski definition) is 0. The zero-order valence-electron chi connectivity index (χ0n) is 6.92. The van der Waals surface area contributed by atoms with Crippen LogP contribution in [0.3, 0.4) is 0 Å². The minimum atomic E-state index is -1.37. The summed E-state index contributed by atoms with van der Waals surface area (Å²) in [5, 5.41) is 19.5. The summed E-state index contributed by atoms with van der Waals surface area (Å²) in [4.78, 5) is 19.5. The van der Waals surface area contributed by atoms with E-state index in [9.17, 15) is 19.8 Å². The fourth-order valence-electron chi connectivity index (χ4n) is 0.333. The molecule has 0 aromatic rings. The van der Waals surface area contributed by atoms with Crippen LogP contribution in [-0.2, 0) is 9.59 Å². The molecular weight excluding hydrogens is 170 g/mol. The summed E-state index contributed by atoms with van der Waals surface area (Å²) in [6.07, 6.45) is -0.484. The van der Waals surface area contributed by atoms with Crippen molar-refractivity contribution in [1.29, 1.82) is 0 Å². The normalized spacial score (nSPS) is 10.3. The van der Waals surface area contributed by atoms with Crippen LogP contribution in [0.25, 0.3) is 0 Å². The molecule has 0 aliphatic heterocycles. The monoisotopic (exact) mass is 176 g/mol. The van der Waals surface area contributed by atoms with Crippen molar-refractivity contribution in [3.63, 3.8) is 0 Å². The Morgan fingerprint density at radius 2 is 1.64 bits per heavy atom. The molecule has 1 unspecified atom stereocenters. The van der Waals surface area contributed by atoms with Crippen molar-refractivity contribution >= 4 is 11.9 Å². The molecule has 1 atom stereocenters. The van der Waals surface area contributed by atoms with Gasteiger partial charge in [-0.3, -0.25) is 0 Å². The number of hydrogen-bond acceptors (Lipinski definition) is 4. The molecule has 4 nitrogen and oxygen atoms in total. The number of rotatable bonds is 3. The summed E-state index contributed by atoms with van der Waals surface area (Å²) in [5.41, 5.74) is 0. The van der Waals surface area contributed by atoms with E-state index in [0.29, 0.717) is 0 Å². The van der Waals surface area contributed by atoms with Crippen LogP contribution in [0.4, 0.5) is 0 Å². The van der Waals surface area contributed by atoms with Gasteiger partial charge in [0.2, 0.25) is 0 Å². The second kappa shape index (κ2) is 9.03. The largest absolute Gasteiger partial charge is 1.00 e.